The predicted molar refractivity (Wildman–Crippen MR) is 107 cm³/mol. The van der Waals surface area contributed by atoms with Crippen molar-refractivity contribution in [2.24, 2.45) is 0 Å². The molecule has 0 saturated carbocycles. The molecule has 0 bridgehead atoms. The van der Waals surface area contributed by atoms with Crippen molar-refractivity contribution in [1.29, 1.82) is 0 Å². The molecule has 7 heteroatoms. The third-order valence-electron chi connectivity index (χ3n) is 4.46. The number of methoxy groups -OCH3 is 1. The van der Waals surface area contributed by atoms with E-state index in [9.17, 15) is 9.90 Å². The van der Waals surface area contributed by atoms with Crippen molar-refractivity contribution in [3.63, 3.8) is 0 Å². The van der Waals surface area contributed by atoms with Crippen molar-refractivity contribution in [2.75, 3.05) is 7.11 Å². The normalized spacial score (nSPS) is 10.9. The number of hydrogen-bond donors (Lipinski definition) is 1. The third kappa shape index (κ3) is 3.42. The Bertz CT molecular complexity index is 1150. The van der Waals surface area contributed by atoms with Crippen LogP contribution in [0.15, 0.2) is 60.8 Å². The van der Waals surface area contributed by atoms with Crippen LogP contribution in [0, 0.1) is 0 Å². The van der Waals surface area contributed by atoms with Gasteiger partial charge in [0.05, 0.1) is 19.0 Å². The van der Waals surface area contributed by atoms with Gasteiger partial charge in [0.1, 0.15) is 5.75 Å². The van der Waals surface area contributed by atoms with Gasteiger partial charge in [-0.25, -0.2) is 14.5 Å². The summed E-state index contributed by atoms with van der Waals surface area (Å²) in [6.07, 6.45) is 1.71. The number of carboxylic acids is 1. The molecular formula is C21H16ClN3O3. The first-order valence-electron chi connectivity index (χ1n) is 8.54. The number of carbonyl (C=O) groups is 1. The van der Waals surface area contributed by atoms with Gasteiger partial charge in [-0.1, -0.05) is 35.9 Å². The molecule has 28 heavy (non-hydrogen) atoms. The summed E-state index contributed by atoms with van der Waals surface area (Å²) in [5.74, 6) is -0.334. The van der Waals surface area contributed by atoms with Crippen molar-refractivity contribution < 1.29 is 14.6 Å². The first-order chi connectivity index (χ1) is 13.5. The van der Waals surface area contributed by atoms with Gasteiger partial charge in [-0.15, -0.1) is 0 Å². The Kier molecular flexibility index (Phi) is 4.71. The lowest BCUT2D eigenvalue weighted by Gasteiger charge is -2.06. The summed E-state index contributed by atoms with van der Waals surface area (Å²) in [5.41, 5.74) is 3.16. The number of nitrogens with zero attached hydrogens (tertiary/aromatic N) is 3. The van der Waals surface area contributed by atoms with Crippen LogP contribution in [0.2, 0.25) is 5.02 Å². The SMILES string of the molecule is COc1ccc(Cn2nc(C(=O)O)c3cc(-c4ccc(Cl)cc4)cnc32)cc1. The second-order valence-corrected chi connectivity index (χ2v) is 6.70. The first-order valence-corrected chi connectivity index (χ1v) is 8.91. The van der Waals surface area contributed by atoms with Crippen LogP contribution in [0.3, 0.4) is 0 Å². The maximum atomic E-state index is 11.7. The van der Waals surface area contributed by atoms with E-state index < -0.39 is 5.97 Å². The molecule has 0 fully saturated rings. The number of ether oxygens (including phenoxy) is 1. The molecule has 0 radical (unpaired) electrons. The molecule has 0 unspecified atom stereocenters. The molecule has 4 aromatic rings. The predicted octanol–water partition coefficient (Wildman–Crippen LogP) is 4.51. The van der Waals surface area contributed by atoms with Crippen molar-refractivity contribution in [2.45, 2.75) is 6.54 Å². The second kappa shape index (κ2) is 7.32. The average molecular weight is 394 g/mol. The minimum Gasteiger partial charge on any atom is -0.497 e. The van der Waals surface area contributed by atoms with Crippen LogP contribution in [0.25, 0.3) is 22.2 Å². The maximum absolute atomic E-state index is 11.7. The minimum absolute atomic E-state index is 0.0215. The van der Waals surface area contributed by atoms with Gasteiger partial charge in [-0.2, -0.15) is 5.10 Å². The molecule has 0 saturated heterocycles. The number of aromatic nitrogens is 3. The standard InChI is InChI=1S/C21H16ClN3O3/c1-28-17-8-2-13(3-9-17)12-25-20-18(19(24-25)21(26)27)10-15(11-23-20)14-4-6-16(22)7-5-14/h2-11H,12H2,1H3,(H,26,27). The summed E-state index contributed by atoms with van der Waals surface area (Å²) in [4.78, 5) is 16.2. The number of carboxylic acid groups (broad SMARTS) is 1. The highest BCUT2D eigenvalue weighted by atomic mass is 35.5. The van der Waals surface area contributed by atoms with Gasteiger partial charge in [0.2, 0.25) is 0 Å². The second-order valence-electron chi connectivity index (χ2n) is 6.26. The molecule has 2 heterocycles. The van der Waals surface area contributed by atoms with E-state index in [4.69, 9.17) is 16.3 Å². The maximum Gasteiger partial charge on any atom is 0.357 e. The molecule has 0 aliphatic carbocycles. The molecule has 0 atom stereocenters. The Morgan fingerprint density at radius 1 is 1.11 bits per heavy atom. The molecule has 2 aromatic carbocycles. The zero-order valence-electron chi connectivity index (χ0n) is 15.0. The molecule has 1 N–H and O–H groups in total. The van der Waals surface area contributed by atoms with Crippen molar-refractivity contribution in [1.82, 2.24) is 14.8 Å². The smallest absolute Gasteiger partial charge is 0.357 e. The zero-order valence-corrected chi connectivity index (χ0v) is 15.7. The molecule has 140 valence electrons. The highest BCUT2D eigenvalue weighted by Crippen LogP contribution is 2.26. The van der Waals surface area contributed by atoms with E-state index in [2.05, 4.69) is 10.1 Å². The van der Waals surface area contributed by atoms with E-state index in [0.29, 0.717) is 22.6 Å². The van der Waals surface area contributed by atoms with Crippen molar-refractivity contribution in [3.8, 4) is 16.9 Å². The fourth-order valence-electron chi connectivity index (χ4n) is 3.03. The van der Waals surface area contributed by atoms with Crippen LogP contribution < -0.4 is 4.74 Å². The van der Waals surface area contributed by atoms with E-state index >= 15 is 0 Å². The van der Waals surface area contributed by atoms with E-state index in [-0.39, 0.29) is 5.69 Å². The van der Waals surface area contributed by atoms with Crippen LogP contribution in [-0.4, -0.2) is 33.0 Å². The Hall–Kier alpha value is -3.38. The summed E-state index contributed by atoms with van der Waals surface area (Å²) in [5, 5.41) is 15.0. The number of halogens is 1. The molecular weight excluding hydrogens is 378 g/mol. The molecule has 6 nitrogen and oxygen atoms in total. The van der Waals surface area contributed by atoms with Gasteiger partial charge in [0, 0.05) is 16.8 Å². The molecule has 0 spiro atoms. The van der Waals surface area contributed by atoms with Crippen molar-refractivity contribution >= 4 is 28.6 Å². The Labute approximate surface area is 166 Å². The fourth-order valence-corrected chi connectivity index (χ4v) is 3.16. The lowest BCUT2D eigenvalue weighted by molar-refractivity contribution is 0.0691. The average Bonchev–Trinajstić information content (AvgIpc) is 3.07. The minimum atomic E-state index is -1.09. The summed E-state index contributed by atoms with van der Waals surface area (Å²) in [6, 6.07) is 16.6. The number of pyridine rings is 1. The van der Waals surface area contributed by atoms with Crippen LogP contribution in [0.1, 0.15) is 16.1 Å². The largest absolute Gasteiger partial charge is 0.497 e. The summed E-state index contributed by atoms with van der Waals surface area (Å²) < 4.78 is 6.77. The topological polar surface area (TPSA) is 77.2 Å². The van der Waals surface area contributed by atoms with E-state index in [0.717, 1.165) is 22.4 Å². The van der Waals surface area contributed by atoms with Crippen molar-refractivity contribution in [3.05, 3.63) is 77.1 Å². The Morgan fingerprint density at radius 2 is 1.82 bits per heavy atom. The molecule has 0 aliphatic heterocycles. The highest BCUT2D eigenvalue weighted by Gasteiger charge is 2.18. The lowest BCUT2D eigenvalue weighted by atomic mass is 10.1. The first kappa shape index (κ1) is 18.0. The number of benzene rings is 2. The Morgan fingerprint density at radius 3 is 2.46 bits per heavy atom. The zero-order chi connectivity index (χ0) is 19.7. The lowest BCUT2D eigenvalue weighted by Crippen LogP contribution is -2.05. The molecule has 2 aromatic heterocycles. The number of aromatic carboxylic acids is 1. The fraction of sp³-hybridized carbons (Fsp3) is 0.0952. The molecule has 0 amide bonds. The monoisotopic (exact) mass is 393 g/mol. The summed E-state index contributed by atoms with van der Waals surface area (Å²) >= 11 is 5.95. The highest BCUT2D eigenvalue weighted by molar-refractivity contribution is 6.30. The van der Waals surface area contributed by atoms with Gasteiger partial charge < -0.3 is 9.84 Å². The van der Waals surface area contributed by atoms with E-state index in [1.165, 1.54) is 0 Å². The summed E-state index contributed by atoms with van der Waals surface area (Å²) in [6.45, 7) is 0.404. The van der Waals surface area contributed by atoms with Gasteiger partial charge in [-0.05, 0) is 41.5 Å². The van der Waals surface area contributed by atoms with Gasteiger partial charge in [0.15, 0.2) is 11.3 Å². The Balaban J connectivity index is 1.77. The van der Waals surface area contributed by atoms with E-state index in [1.807, 2.05) is 36.4 Å². The van der Waals surface area contributed by atoms with Crippen LogP contribution in [-0.2, 0) is 6.54 Å². The van der Waals surface area contributed by atoms with Crippen LogP contribution in [0.5, 0.6) is 5.75 Å². The number of hydrogen-bond acceptors (Lipinski definition) is 4. The van der Waals surface area contributed by atoms with Gasteiger partial charge >= 0.3 is 5.97 Å². The van der Waals surface area contributed by atoms with Crippen LogP contribution in [0.4, 0.5) is 0 Å². The summed E-state index contributed by atoms with van der Waals surface area (Å²) in [7, 11) is 1.61. The number of fused-ring (bicyclic) bond motifs is 1. The van der Waals surface area contributed by atoms with E-state index in [1.54, 1.807) is 36.2 Å². The molecule has 4 rings (SSSR count). The quantitative estimate of drug-likeness (QED) is 0.540. The van der Waals surface area contributed by atoms with Gasteiger partial charge in [0.25, 0.3) is 0 Å². The number of rotatable bonds is 5. The third-order valence-corrected chi connectivity index (χ3v) is 4.71. The van der Waals surface area contributed by atoms with Gasteiger partial charge in [-0.3, -0.25) is 0 Å². The van der Waals surface area contributed by atoms with Crippen LogP contribution >= 0.6 is 11.6 Å². The molecule has 0 aliphatic rings.